The van der Waals surface area contributed by atoms with Crippen LogP contribution in [0.1, 0.15) is 22.8 Å². The van der Waals surface area contributed by atoms with E-state index in [2.05, 4.69) is 0 Å². The van der Waals surface area contributed by atoms with Gasteiger partial charge in [0.25, 0.3) is 10.0 Å². The fraction of sp³-hybridized carbons (Fsp3) is 0.176. The predicted octanol–water partition coefficient (Wildman–Crippen LogP) is 3.02. The number of aryl methyl sites for hydroxylation is 1. The number of hydrogen-bond donors (Lipinski definition) is 2. The number of nitrogens with zero attached hydrogens (tertiary/aromatic N) is 1. The van der Waals surface area contributed by atoms with Crippen molar-refractivity contribution in [1.29, 1.82) is 0 Å². The molecule has 2 aromatic carbocycles. The Hall–Kier alpha value is -2.58. The minimum atomic E-state index is -4.25. The molecule has 7 nitrogen and oxygen atoms in total. The van der Waals surface area contributed by atoms with Gasteiger partial charge in [0.1, 0.15) is 6.04 Å². The van der Waals surface area contributed by atoms with E-state index in [1.807, 2.05) is 0 Å². The van der Waals surface area contributed by atoms with E-state index in [1.165, 1.54) is 31.2 Å². The molecule has 2 aromatic rings. The van der Waals surface area contributed by atoms with Crippen molar-refractivity contribution in [3.05, 3.63) is 58.6 Å². The maximum absolute atomic E-state index is 13.0. The summed E-state index contributed by atoms with van der Waals surface area (Å²) in [5.74, 6) is -2.74. The maximum Gasteiger partial charge on any atom is 0.337 e. The zero-order valence-electron chi connectivity index (χ0n) is 13.9. The molecule has 0 aliphatic rings. The van der Waals surface area contributed by atoms with Gasteiger partial charge in [-0.2, -0.15) is 0 Å². The van der Waals surface area contributed by atoms with Crippen LogP contribution in [0.4, 0.5) is 5.69 Å². The Morgan fingerprint density at radius 1 is 1.08 bits per heavy atom. The number of carboxylic acids is 2. The molecule has 0 aliphatic heterocycles. The molecular formula is C17H16ClNO6S. The van der Waals surface area contributed by atoms with Gasteiger partial charge in [-0.05, 0) is 44.2 Å². The van der Waals surface area contributed by atoms with Crippen molar-refractivity contribution in [3.8, 4) is 0 Å². The van der Waals surface area contributed by atoms with E-state index < -0.39 is 28.0 Å². The fourth-order valence-corrected chi connectivity index (χ4v) is 4.11. The van der Waals surface area contributed by atoms with Crippen LogP contribution in [0.2, 0.25) is 5.02 Å². The average Bonchev–Trinajstić information content (AvgIpc) is 2.56. The van der Waals surface area contributed by atoms with Crippen LogP contribution in [0.5, 0.6) is 0 Å². The highest BCUT2D eigenvalue weighted by Gasteiger charge is 2.34. The molecule has 138 valence electrons. The molecule has 0 aromatic heterocycles. The first-order valence-electron chi connectivity index (χ1n) is 7.42. The van der Waals surface area contributed by atoms with E-state index >= 15 is 0 Å². The van der Waals surface area contributed by atoms with Crippen molar-refractivity contribution in [2.75, 3.05) is 4.31 Å². The highest BCUT2D eigenvalue weighted by molar-refractivity contribution is 7.92. The van der Waals surface area contributed by atoms with Crippen molar-refractivity contribution in [1.82, 2.24) is 0 Å². The maximum atomic E-state index is 13.0. The lowest BCUT2D eigenvalue weighted by Crippen LogP contribution is -2.43. The molecule has 0 amide bonds. The molecule has 0 spiro atoms. The Morgan fingerprint density at radius 2 is 1.65 bits per heavy atom. The van der Waals surface area contributed by atoms with E-state index in [0.717, 1.165) is 11.6 Å². The molecule has 26 heavy (non-hydrogen) atoms. The number of benzene rings is 2. The second kappa shape index (κ2) is 7.35. The van der Waals surface area contributed by atoms with Gasteiger partial charge in [-0.1, -0.05) is 29.3 Å². The first-order valence-corrected chi connectivity index (χ1v) is 9.24. The van der Waals surface area contributed by atoms with Crippen molar-refractivity contribution < 1.29 is 28.2 Å². The normalized spacial score (nSPS) is 12.4. The van der Waals surface area contributed by atoms with Crippen LogP contribution in [-0.2, 0) is 14.8 Å². The van der Waals surface area contributed by atoms with Crippen molar-refractivity contribution in [2.24, 2.45) is 0 Å². The third-order valence-corrected chi connectivity index (χ3v) is 5.96. The lowest BCUT2D eigenvalue weighted by molar-refractivity contribution is -0.137. The summed E-state index contributed by atoms with van der Waals surface area (Å²) in [6.45, 7) is 2.98. The van der Waals surface area contributed by atoms with Gasteiger partial charge < -0.3 is 10.2 Å². The second-order valence-electron chi connectivity index (χ2n) is 5.60. The lowest BCUT2D eigenvalue weighted by atomic mass is 10.2. The van der Waals surface area contributed by atoms with Gasteiger partial charge in [0.05, 0.1) is 21.2 Å². The van der Waals surface area contributed by atoms with Gasteiger partial charge in [-0.15, -0.1) is 0 Å². The van der Waals surface area contributed by atoms with E-state index in [1.54, 1.807) is 19.1 Å². The van der Waals surface area contributed by atoms with Gasteiger partial charge in [0.2, 0.25) is 0 Å². The summed E-state index contributed by atoms with van der Waals surface area (Å²) in [5.41, 5.74) is 0.398. The molecule has 0 aliphatic carbocycles. The molecular weight excluding hydrogens is 382 g/mol. The van der Waals surface area contributed by atoms with E-state index in [4.69, 9.17) is 11.6 Å². The van der Waals surface area contributed by atoms with Crippen LogP contribution < -0.4 is 4.31 Å². The fourth-order valence-electron chi connectivity index (χ4n) is 2.31. The second-order valence-corrected chi connectivity index (χ2v) is 7.82. The number of hydrogen-bond acceptors (Lipinski definition) is 4. The van der Waals surface area contributed by atoms with Crippen LogP contribution >= 0.6 is 11.6 Å². The summed E-state index contributed by atoms with van der Waals surface area (Å²) in [6.07, 6.45) is 0. The number of anilines is 1. The van der Waals surface area contributed by atoms with Crippen LogP contribution in [-0.4, -0.2) is 36.6 Å². The van der Waals surface area contributed by atoms with E-state index in [0.29, 0.717) is 4.31 Å². The molecule has 0 fully saturated rings. The number of carbonyl (C=O) groups is 2. The number of halogens is 1. The van der Waals surface area contributed by atoms with E-state index in [-0.39, 0.29) is 21.2 Å². The lowest BCUT2D eigenvalue weighted by Gasteiger charge is -2.28. The van der Waals surface area contributed by atoms with E-state index in [9.17, 15) is 28.2 Å². The number of sulfonamides is 1. The molecule has 1 unspecified atom stereocenters. The molecule has 0 heterocycles. The minimum absolute atomic E-state index is 0.0862. The Balaban J connectivity index is 2.68. The van der Waals surface area contributed by atoms with Gasteiger partial charge in [0.15, 0.2) is 0 Å². The highest BCUT2D eigenvalue weighted by Crippen LogP contribution is 2.30. The summed E-state index contributed by atoms with van der Waals surface area (Å²) >= 11 is 5.82. The Bertz CT molecular complexity index is 956. The summed E-state index contributed by atoms with van der Waals surface area (Å²) < 4.78 is 26.7. The quantitative estimate of drug-likeness (QED) is 0.774. The summed E-state index contributed by atoms with van der Waals surface area (Å²) in [5, 5.41) is 18.5. The molecule has 2 N–H and O–H groups in total. The number of carboxylic acid groups (broad SMARTS) is 2. The largest absolute Gasteiger partial charge is 0.480 e. The van der Waals surface area contributed by atoms with Crippen LogP contribution in [0.15, 0.2) is 47.4 Å². The molecule has 0 saturated heterocycles. The summed E-state index contributed by atoms with van der Waals surface area (Å²) in [4.78, 5) is 22.7. The summed E-state index contributed by atoms with van der Waals surface area (Å²) in [6, 6.07) is 7.94. The molecule has 9 heteroatoms. The molecule has 0 saturated carbocycles. The standard InChI is InChI=1S/C17H16ClNO6S/c1-10-3-6-13(7-4-10)26(24,25)19(11(2)16(20)21)12-5-8-15(18)14(9-12)17(22)23/h3-9,11H,1-2H3,(H,20,21)(H,22,23). The highest BCUT2D eigenvalue weighted by atomic mass is 35.5. The van der Waals surface area contributed by atoms with Crippen LogP contribution in [0.25, 0.3) is 0 Å². The zero-order chi connectivity index (χ0) is 19.6. The van der Waals surface area contributed by atoms with Crippen LogP contribution in [0.3, 0.4) is 0 Å². The van der Waals surface area contributed by atoms with Gasteiger partial charge >= 0.3 is 11.9 Å². The topological polar surface area (TPSA) is 112 Å². The predicted molar refractivity (Wildman–Crippen MR) is 96.4 cm³/mol. The third kappa shape index (κ3) is 3.81. The summed E-state index contributed by atoms with van der Waals surface area (Å²) in [7, 11) is -4.25. The van der Waals surface area contributed by atoms with Crippen molar-refractivity contribution in [3.63, 3.8) is 0 Å². The number of aromatic carboxylic acids is 1. The molecule has 2 rings (SSSR count). The Labute approximate surface area is 155 Å². The van der Waals surface area contributed by atoms with Gasteiger partial charge in [0, 0.05) is 0 Å². The van der Waals surface area contributed by atoms with Crippen molar-refractivity contribution in [2.45, 2.75) is 24.8 Å². The number of aliphatic carboxylic acids is 1. The zero-order valence-corrected chi connectivity index (χ0v) is 15.5. The van der Waals surface area contributed by atoms with Crippen LogP contribution in [0, 0.1) is 6.92 Å². The SMILES string of the molecule is Cc1ccc(S(=O)(=O)N(c2ccc(Cl)c(C(=O)O)c2)C(C)C(=O)O)cc1. The molecule has 0 bridgehead atoms. The van der Waals surface area contributed by atoms with Gasteiger partial charge in [-0.3, -0.25) is 4.31 Å². The number of rotatable bonds is 6. The Kier molecular flexibility index (Phi) is 5.58. The molecule has 1 atom stereocenters. The Morgan fingerprint density at radius 3 is 2.15 bits per heavy atom. The third-order valence-electron chi connectivity index (χ3n) is 3.72. The van der Waals surface area contributed by atoms with Gasteiger partial charge in [-0.25, -0.2) is 18.0 Å². The monoisotopic (exact) mass is 397 g/mol. The minimum Gasteiger partial charge on any atom is -0.480 e. The first kappa shape index (κ1) is 19.7. The first-order chi connectivity index (χ1) is 12.1. The smallest absolute Gasteiger partial charge is 0.337 e. The van der Waals surface area contributed by atoms with Crippen molar-refractivity contribution >= 4 is 39.3 Å². The average molecular weight is 398 g/mol. The molecule has 0 radical (unpaired) electrons.